The van der Waals surface area contributed by atoms with Crippen LogP contribution in [-0.2, 0) is 0 Å². The van der Waals surface area contributed by atoms with Crippen molar-refractivity contribution in [1.82, 2.24) is 10.2 Å². The molecular weight excluding hydrogens is 220 g/mol. The fourth-order valence-electron chi connectivity index (χ4n) is 4.14. The SMILES string of the molecule is CC(C)CC1(CNC2CCCN(C)C2)CCCC1. The van der Waals surface area contributed by atoms with Gasteiger partial charge in [0.05, 0.1) is 0 Å². The molecule has 2 rings (SSSR count). The zero-order chi connectivity index (χ0) is 13.0. The normalized spacial score (nSPS) is 29.0. The molecule has 2 aliphatic rings. The second-order valence-corrected chi connectivity index (χ2v) is 7.29. The molecule has 1 aliphatic heterocycles. The first-order chi connectivity index (χ1) is 8.60. The predicted octanol–water partition coefficient (Wildman–Crippen LogP) is 3.28. The van der Waals surface area contributed by atoms with Crippen LogP contribution in [0.2, 0.25) is 0 Å². The third-order valence-electron chi connectivity index (χ3n) is 4.90. The van der Waals surface area contributed by atoms with Gasteiger partial charge in [0, 0.05) is 19.1 Å². The minimum absolute atomic E-state index is 0.629. The number of likely N-dealkylation sites (tertiary alicyclic amines) is 1. The van der Waals surface area contributed by atoms with E-state index in [1.54, 1.807) is 0 Å². The summed E-state index contributed by atoms with van der Waals surface area (Å²) in [5.74, 6) is 0.846. The second-order valence-electron chi connectivity index (χ2n) is 7.29. The quantitative estimate of drug-likeness (QED) is 0.808. The first kappa shape index (κ1) is 14.3. The van der Waals surface area contributed by atoms with Crippen molar-refractivity contribution in [3.63, 3.8) is 0 Å². The van der Waals surface area contributed by atoms with Crippen LogP contribution in [0.3, 0.4) is 0 Å². The number of likely N-dealkylation sites (N-methyl/N-ethyl adjacent to an activating group) is 1. The lowest BCUT2D eigenvalue weighted by atomic mass is 9.78. The first-order valence-corrected chi connectivity index (χ1v) is 8.02. The van der Waals surface area contributed by atoms with Gasteiger partial charge in [0.2, 0.25) is 0 Å². The van der Waals surface area contributed by atoms with E-state index in [4.69, 9.17) is 0 Å². The highest BCUT2D eigenvalue weighted by Crippen LogP contribution is 2.42. The maximum Gasteiger partial charge on any atom is 0.0195 e. The summed E-state index contributed by atoms with van der Waals surface area (Å²) in [6.07, 6.45) is 10.00. The van der Waals surface area contributed by atoms with Crippen LogP contribution >= 0.6 is 0 Å². The van der Waals surface area contributed by atoms with Crippen molar-refractivity contribution in [1.29, 1.82) is 0 Å². The summed E-state index contributed by atoms with van der Waals surface area (Å²) < 4.78 is 0. The van der Waals surface area contributed by atoms with Gasteiger partial charge < -0.3 is 10.2 Å². The van der Waals surface area contributed by atoms with Crippen molar-refractivity contribution >= 4 is 0 Å². The summed E-state index contributed by atoms with van der Waals surface area (Å²) in [6, 6.07) is 0.744. The molecule has 0 spiro atoms. The van der Waals surface area contributed by atoms with Crippen LogP contribution in [0.25, 0.3) is 0 Å². The average Bonchev–Trinajstić information content (AvgIpc) is 2.75. The average molecular weight is 252 g/mol. The van der Waals surface area contributed by atoms with Crippen LogP contribution in [0, 0.1) is 11.3 Å². The van der Waals surface area contributed by atoms with E-state index in [-0.39, 0.29) is 0 Å². The molecule has 1 saturated heterocycles. The molecule has 1 atom stereocenters. The van der Waals surface area contributed by atoms with Crippen LogP contribution < -0.4 is 5.32 Å². The lowest BCUT2D eigenvalue weighted by molar-refractivity contribution is 0.179. The van der Waals surface area contributed by atoms with E-state index < -0.39 is 0 Å². The Morgan fingerprint density at radius 3 is 2.56 bits per heavy atom. The van der Waals surface area contributed by atoms with E-state index in [9.17, 15) is 0 Å². The van der Waals surface area contributed by atoms with Crippen LogP contribution in [0.4, 0.5) is 0 Å². The maximum atomic E-state index is 3.90. The van der Waals surface area contributed by atoms with Gasteiger partial charge in [-0.15, -0.1) is 0 Å². The Labute approximate surface area is 114 Å². The van der Waals surface area contributed by atoms with Gasteiger partial charge in [-0.25, -0.2) is 0 Å². The van der Waals surface area contributed by atoms with Gasteiger partial charge in [-0.3, -0.25) is 0 Å². The molecule has 18 heavy (non-hydrogen) atoms. The number of hydrogen-bond donors (Lipinski definition) is 1. The summed E-state index contributed by atoms with van der Waals surface area (Å²) in [6.45, 7) is 8.57. The Hall–Kier alpha value is -0.0800. The molecule has 0 aromatic heterocycles. The van der Waals surface area contributed by atoms with Gasteiger partial charge in [0.1, 0.15) is 0 Å². The molecule has 2 fully saturated rings. The van der Waals surface area contributed by atoms with Crippen LogP contribution in [0.15, 0.2) is 0 Å². The van der Waals surface area contributed by atoms with Gasteiger partial charge in [0.15, 0.2) is 0 Å². The largest absolute Gasteiger partial charge is 0.312 e. The molecule has 2 nitrogen and oxygen atoms in total. The second kappa shape index (κ2) is 6.38. The Bertz CT molecular complexity index is 243. The van der Waals surface area contributed by atoms with Crippen molar-refractivity contribution in [2.24, 2.45) is 11.3 Å². The number of nitrogens with one attached hydrogen (secondary N) is 1. The topological polar surface area (TPSA) is 15.3 Å². The Morgan fingerprint density at radius 2 is 1.94 bits per heavy atom. The van der Waals surface area contributed by atoms with Crippen LogP contribution in [-0.4, -0.2) is 37.6 Å². The molecular formula is C16H32N2. The van der Waals surface area contributed by atoms with Crippen LogP contribution in [0.5, 0.6) is 0 Å². The smallest absolute Gasteiger partial charge is 0.0195 e. The highest BCUT2D eigenvalue weighted by molar-refractivity contribution is 4.89. The van der Waals surface area contributed by atoms with Gasteiger partial charge >= 0.3 is 0 Å². The molecule has 1 unspecified atom stereocenters. The van der Waals surface area contributed by atoms with Crippen molar-refractivity contribution in [3.8, 4) is 0 Å². The molecule has 1 N–H and O–H groups in total. The fourth-order valence-corrected chi connectivity index (χ4v) is 4.14. The number of piperidine rings is 1. The molecule has 1 saturated carbocycles. The highest BCUT2D eigenvalue weighted by atomic mass is 15.1. The van der Waals surface area contributed by atoms with Crippen molar-refractivity contribution in [2.45, 2.75) is 64.8 Å². The lowest BCUT2D eigenvalue weighted by Gasteiger charge is -2.36. The van der Waals surface area contributed by atoms with E-state index >= 15 is 0 Å². The summed E-state index contributed by atoms with van der Waals surface area (Å²) in [7, 11) is 2.26. The molecule has 0 aromatic rings. The van der Waals surface area contributed by atoms with E-state index in [0.717, 1.165) is 12.0 Å². The lowest BCUT2D eigenvalue weighted by Crippen LogP contribution is -2.47. The third kappa shape index (κ3) is 3.96. The van der Waals surface area contributed by atoms with E-state index in [1.165, 1.54) is 64.6 Å². The van der Waals surface area contributed by atoms with E-state index in [2.05, 4.69) is 31.1 Å². The predicted molar refractivity (Wildman–Crippen MR) is 78.9 cm³/mol. The molecule has 0 amide bonds. The van der Waals surface area contributed by atoms with Crippen LogP contribution in [0.1, 0.15) is 58.8 Å². The number of nitrogens with zero attached hydrogens (tertiary/aromatic N) is 1. The fraction of sp³-hybridized carbons (Fsp3) is 1.00. The van der Waals surface area contributed by atoms with Crippen molar-refractivity contribution in [3.05, 3.63) is 0 Å². The van der Waals surface area contributed by atoms with E-state index in [0.29, 0.717) is 5.41 Å². The minimum atomic E-state index is 0.629. The first-order valence-electron chi connectivity index (χ1n) is 8.02. The standard InChI is InChI=1S/C16H32N2/c1-14(2)11-16(8-4-5-9-16)13-17-15-7-6-10-18(3)12-15/h14-15,17H,4-13H2,1-3H3. The summed E-state index contributed by atoms with van der Waals surface area (Å²) >= 11 is 0. The Morgan fingerprint density at radius 1 is 1.22 bits per heavy atom. The molecule has 0 aromatic carbocycles. The molecule has 1 heterocycles. The summed E-state index contributed by atoms with van der Waals surface area (Å²) in [5, 5.41) is 3.90. The van der Waals surface area contributed by atoms with Crippen molar-refractivity contribution < 1.29 is 0 Å². The Kier molecular flexibility index (Phi) is 5.08. The van der Waals surface area contributed by atoms with Gasteiger partial charge in [-0.2, -0.15) is 0 Å². The maximum absolute atomic E-state index is 3.90. The third-order valence-corrected chi connectivity index (χ3v) is 4.90. The molecule has 2 heteroatoms. The summed E-state index contributed by atoms with van der Waals surface area (Å²) in [4.78, 5) is 2.48. The zero-order valence-electron chi connectivity index (χ0n) is 12.7. The molecule has 0 bridgehead atoms. The van der Waals surface area contributed by atoms with Crippen molar-refractivity contribution in [2.75, 3.05) is 26.7 Å². The van der Waals surface area contributed by atoms with Gasteiger partial charge in [-0.05, 0) is 57.0 Å². The van der Waals surface area contributed by atoms with E-state index in [1.807, 2.05) is 0 Å². The van der Waals surface area contributed by atoms with Gasteiger partial charge in [-0.1, -0.05) is 26.7 Å². The monoisotopic (exact) mass is 252 g/mol. The minimum Gasteiger partial charge on any atom is -0.312 e. The number of rotatable bonds is 5. The molecule has 106 valence electrons. The Balaban J connectivity index is 1.82. The van der Waals surface area contributed by atoms with Gasteiger partial charge in [0.25, 0.3) is 0 Å². The number of hydrogen-bond acceptors (Lipinski definition) is 2. The highest BCUT2D eigenvalue weighted by Gasteiger charge is 2.34. The molecule has 1 aliphatic carbocycles. The summed E-state index contributed by atoms with van der Waals surface area (Å²) in [5.41, 5.74) is 0.629. The zero-order valence-corrected chi connectivity index (χ0v) is 12.7. The molecule has 0 radical (unpaired) electrons.